The second-order valence-corrected chi connectivity index (χ2v) is 7.75. The van der Waals surface area contributed by atoms with Crippen molar-refractivity contribution in [3.05, 3.63) is 35.8 Å². The van der Waals surface area contributed by atoms with Crippen molar-refractivity contribution < 1.29 is 19.0 Å². The van der Waals surface area contributed by atoms with Gasteiger partial charge < -0.3 is 19.1 Å². The molecule has 3 heterocycles. The maximum atomic E-state index is 13.0. The van der Waals surface area contributed by atoms with E-state index in [4.69, 9.17) is 14.2 Å². The van der Waals surface area contributed by atoms with Gasteiger partial charge in [0, 0.05) is 45.1 Å². The molecule has 4 rings (SSSR count). The summed E-state index contributed by atoms with van der Waals surface area (Å²) in [6, 6.07) is 3.54. The SMILES string of the molecule is COCc1cn([C@@H]2C[C@@H]3CN(C(=O)c4ccnc(OC)c4)C[C@@H]3C[C@H]2OC)nn1. The monoisotopic (exact) mass is 401 g/mol. The first-order valence-corrected chi connectivity index (χ1v) is 9.84. The van der Waals surface area contributed by atoms with Crippen LogP contribution in [-0.4, -0.2) is 71.3 Å². The molecule has 2 fully saturated rings. The minimum absolute atomic E-state index is 0.0220. The van der Waals surface area contributed by atoms with E-state index in [0.717, 1.165) is 31.6 Å². The molecular formula is C20H27N5O4. The molecule has 0 aromatic carbocycles. The maximum Gasteiger partial charge on any atom is 0.254 e. The molecule has 156 valence electrons. The molecular weight excluding hydrogens is 374 g/mol. The number of likely N-dealkylation sites (tertiary alicyclic amines) is 1. The molecule has 0 bridgehead atoms. The van der Waals surface area contributed by atoms with Gasteiger partial charge in [-0.2, -0.15) is 0 Å². The number of aromatic nitrogens is 4. The first-order valence-electron chi connectivity index (χ1n) is 9.84. The van der Waals surface area contributed by atoms with Crippen LogP contribution in [-0.2, 0) is 16.1 Å². The molecule has 2 aliphatic rings. The van der Waals surface area contributed by atoms with E-state index in [1.54, 1.807) is 39.7 Å². The van der Waals surface area contributed by atoms with E-state index in [1.165, 1.54) is 0 Å². The second kappa shape index (κ2) is 8.46. The highest BCUT2D eigenvalue weighted by molar-refractivity contribution is 5.94. The van der Waals surface area contributed by atoms with Crippen molar-refractivity contribution in [2.45, 2.75) is 31.6 Å². The van der Waals surface area contributed by atoms with Crippen LogP contribution in [0.4, 0.5) is 0 Å². The van der Waals surface area contributed by atoms with Crippen molar-refractivity contribution in [3.8, 4) is 5.88 Å². The Bertz CT molecular complexity index is 857. The molecule has 9 nitrogen and oxygen atoms in total. The number of rotatable bonds is 6. The summed E-state index contributed by atoms with van der Waals surface area (Å²) in [6.07, 6.45) is 5.39. The summed E-state index contributed by atoms with van der Waals surface area (Å²) in [6.45, 7) is 1.92. The first kappa shape index (κ1) is 19.8. The van der Waals surface area contributed by atoms with Crippen LogP contribution in [0.25, 0.3) is 0 Å². The Morgan fingerprint density at radius 1 is 1.21 bits per heavy atom. The predicted molar refractivity (Wildman–Crippen MR) is 103 cm³/mol. The molecule has 0 N–H and O–H groups in total. The smallest absolute Gasteiger partial charge is 0.254 e. The Labute approximate surface area is 169 Å². The van der Waals surface area contributed by atoms with E-state index in [9.17, 15) is 4.79 Å². The predicted octanol–water partition coefficient (Wildman–Crippen LogP) is 1.57. The Kier molecular flexibility index (Phi) is 5.77. The fourth-order valence-corrected chi connectivity index (χ4v) is 4.61. The van der Waals surface area contributed by atoms with Gasteiger partial charge in [-0.15, -0.1) is 5.10 Å². The second-order valence-electron chi connectivity index (χ2n) is 7.75. The average molecular weight is 401 g/mol. The lowest BCUT2D eigenvalue weighted by molar-refractivity contribution is -0.00548. The van der Waals surface area contributed by atoms with Gasteiger partial charge in [0.05, 0.1) is 32.1 Å². The minimum Gasteiger partial charge on any atom is -0.481 e. The number of hydrogen-bond donors (Lipinski definition) is 0. The number of carbonyl (C=O) groups is 1. The largest absolute Gasteiger partial charge is 0.481 e. The average Bonchev–Trinajstić information content (AvgIpc) is 3.39. The summed E-state index contributed by atoms with van der Waals surface area (Å²) in [7, 11) is 4.94. The molecule has 1 saturated heterocycles. The van der Waals surface area contributed by atoms with Crippen LogP contribution in [0.15, 0.2) is 24.5 Å². The van der Waals surface area contributed by atoms with Gasteiger partial charge in [-0.05, 0) is 30.7 Å². The lowest BCUT2D eigenvalue weighted by atomic mass is 9.77. The van der Waals surface area contributed by atoms with Gasteiger partial charge in [0.15, 0.2) is 0 Å². The molecule has 0 radical (unpaired) electrons. The third kappa shape index (κ3) is 3.97. The van der Waals surface area contributed by atoms with Gasteiger partial charge in [-0.3, -0.25) is 4.79 Å². The van der Waals surface area contributed by atoms with Crippen molar-refractivity contribution in [3.63, 3.8) is 0 Å². The van der Waals surface area contributed by atoms with Gasteiger partial charge in [-0.25, -0.2) is 9.67 Å². The van der Waals surface area contributed by atoms with Crippen LogP contribution >= 0.6 is 0 Å². The van der Waals surface area contributed by atoms with Crippen LogP contribution < -0.4 is 4.74 Å². The van der Waals surface area contributed by atoms with Crippen molar-refractivity contribution in [1.29, 1.82) is 0 Å². The summed E-state index contributed by atoms with van der Waals surface area (Å²) in [5.74, 6) is 1.30. The highest BCUT2D eigenvalue weighted by Gasteiger charge is 2.44. The van der Waals surface area contributed by atoms with Gasteiger partial charge >= 0.3 is 0 Å². The molecule has 9 heteroatoms. The summed E-state index contributed by atoms with van der Waals surface area (Å²) in [5, 5.41) is 8.48. The number of pyridine rings is 1. The number of amides is 1. The highest BCUT2D eigenvalue weighted by Crippen LogP contribution is 2.42. The summed E-state index contributed by atoms with van der Waals surface area (Å²) < 4.78 is 18.0. The van der Waals surface area contributed by atoms with E-state index in [0.29, 0.717) is 29.9 Å². The van der Waals surface area contributed by atoms with E-state index in [-0.39, 0.29) is 18.1 Å². The summed E-state index contributed by atoms with van der Waals surface area (Å²) in [4.78, 5) is 19.0. The van der Waals surface area contributed by atoms with Crippen LogP contribution in [0.3, 0.4) is 0 Å². The van der Waals surface area contributed by atoms with Crippen molar-refractivity contribution >= 4 is 5.91 Å². The number of methoxy groups -OCH3 is 3. The van der Waals surface area contributed by atoms with Crippen LogP contribution in [0.1, 0.15) is 34.9 Å². The summed E-state index contributed by atoms with van der Waals surface area (Å²) >= 11 is 0. The van der Waals surface area contributed by atoms with E-state index < -0.39 is 0 Å². The molecule has 2 aromatic heterocycles. The Hall–Kier alpha value is -2.52. The Morgan fingerprint density at radius 3 is 2.72 bits per heavy atom. The molecule has 29 heavy (non-hydrogen) atoms. The third-order valence-electron chi connectivity index (χ3n) is 6.06. The van der Waals surface area contributed by atoms with E-state index in [1.807, 2.05) is 15.8 Å². The molecule has 1 aliphatic carbocycles. The van der Waals surface area contributed by atoms with E-state index >= 15 is 0 Å². The molecule has 0 spiro atoms. The number of carbonyl (C=O) groups excluding carboxylic acids is 1. The summed E-state index contributed by atoms with van der Waals surface area (Å²) in [5.41, 5.74) is 1.41. The number of ether oxygens (including phenoxy) is 3. The lowest BCUT2D eigenvalue weighted by Crippen LogP contribution is -2.37. The van der Waals surface area contributed by atoms with Crippen molar-refractivity contribution in [2.75, 3.05) is 34.4 Å². The molecule has 1 amide bonds. The van der Waals surface area contributed by atoms with Gasteiger partial charge in [-0.1, -0.05) is 5.21 Å². The van der Waals surface area contributed by atoms with Gasteiger partial charge in [0.25, 0.3) is 5.91 Å². The van der Waals surface area contributed by atoms with Crippen LogP contribution in [0, 0.1) is 11.8 Å². The lowest BCUT2D eigenvalue weighted by Gasteiger charge is -2.36. The van der Waals surface area contributed by atoms with Gasteiger partial charge in [0.1, 0.15) is 5.69 Å². The zero-order valence-electron chi connectivity index (χ0n) is 17.0. The fraction of sp³-hybridized carbons (Fsp3) is 0.600. The maximum absolute atomic E-state index is 13.0. The number of fused-ring (bicyclic) bond motifs is 1. The normalized spacial score (nSPS) is 26.4. The molecule has 4 atom stereocenters. The molecule has 2 aromatic rings. The standard InChI is InChI=1S/C20H27N5O4/c1-27-12-16-11-25(23-22-16)17-6-14-9-24(10-15(14)7-18(17)28-2)20(26)13-4-5-21-19(8-13)29-3/h4-5,8,11,14-15,17-18H,6-7,9-10,12H2,1-3H3/t14-,15+,17-,18-/m1/s1. The minimum atomic E-state index is 0.0220. The molecule has 1 aliphatic heterocycles. The third-order valence-corrected chi connectivity index (χ3v) is 6.06. The zero-order chi connectivity index (χ0) is 20.4. The Morgan fingerprint density at radius 2 is 2.00 bits per heavy atom. The van der Waals surface area contributed by atoms with Gasteiger partial charge in [0.2, 0.25) is 5.88 Å². The Balaban J connectivity index is 1.48. The molecule has 1 saturated carbocycles. The number of nitrogens with zero attached hydrogens (tertiary/aromatic N) is 5. The highest BCUT2D eigenvalue weighted by atomic mass is 16.5. The van der Waals surface area contributed by atoms with E-state index in [2.05, 4.69) is 15.3 Å². The number of hydrogen-bond acceptors (Lipinski definition) is 7. The van der Waals surface area contributed by atoms with Crippen molar-refractivity contribution in [2.24, 2.45) is 11.8 Å². The zero-order valence-corrected chi connectivity index (χ0v) is 17.0. The fourth-order valence-electron chi connectivity index (χ4n) is 4.61. The molecule has 0 unspecified atom stereocenters. The van der Waals surface area contributed by atoms with Crippen molar-refractivity contribution in [1.82, 2.24) is 24.9 Å². The topological polar surface area (TPSA) is 91.6 Å². The van der Waals surface area contributed by atoms with Crippen LogP contribution in [0.5, 0.6) is 5.88 Å². The van der Waals surface area contributed by atoms with Crippen LogP contribution in [0.2, 0.25) is 0 Å². The quantitative estimate of drug-likeness (QED) is 0.725. The first-order chi connectivity index (χ1) is 14.1.